The van der Waals surface area contributed by atoms with E-state index in [1.54, 1.807) is 55.5 Å². The number of allylic oxidation sites excluding steroid dienone is 1. The van der Waals surface area contributed by atoms with Gasteiger partial charge in [-0.25, -0.2) is 4.99 Å². The van der Waals surface area contributed by atoms with Crippen LogP contribution in [0.5, 0.6) is 0 Å². The molecule has 0 saturated heterocycles. The molecule has 9 heteroatoms. The van der Waals surface area contributed by atoms with E-state index in [4.69, 9.17) is 28.9 Å². The summed E-state index contributed by atoms with van der Waals surface area (Å²) in [6, 6.07) is 15.9. The number of carbonyl (C=O) groups excluding carboxylic acids is 2. The fourth-order valence-electron chi connectivity index (χ4n) is 3.35. The minimum atomic E-state index is -0.775. The van der Waals surface area contributed by atoms with Crippen molar-refractivity contribution in [1.82, 2.24) is 0 Å². The summed E-state index contributed by atoms with van der Waals surface area (Å²) in [5.41, 5.74) is 7.23. The maximum Gasteiger partial charge on any atom is 0.234 e. The van der Waals surface area contributed by atoms with Gasteiger partial charge in [0.1, 0.15) is 5.03 Å². The van der Waals surface area contributed by atoms with Crippen LogP contribution in [0.2, 0.25) is 10.0 Å². The molecular weight excluding hydrogens is 455 g/mol. The second-order valence-corrected chi connectivity index (χ2v) is 8.62. The molecule has 3 rings (SSSR count). The lowest BCUT2D eigenvalue weighted by atomic mass is 9.76. The van der Waals surface area contributed by atoms with Crippen molar-refractivity contribution in [3.8, 4) is 6.07 Å². The highest BCUT2D eigenvalue weighted by atomic mass is 35.5. The van der Waals surface area contributed by atoms with Crippen molar-refractivity contribution in [2.24, 2.45) is 16.6 Å². The molecule has 1 aliphatic rings. The van der Waals surface area contributed by atoms with Gasteiger partial charge in [-0.3, -0.25) is 9.59 Å². The van der Waals surface area contributed by atoms with Crippen molar-refractivity contribution in [2.75, 3.05) is 11.1 Å². The van der Waals surface area contributed by atoms with E-state index < -0.39 is 17.7 Å². The number of nitrogens with two attached hydrogens (primary N) is 1. The van der Waals surface area contributed by atoms with E-state index in [1.807, 2.05) is 0 Å². The number of hydrogen-bond donors (Lipinski definition) is 2. The van der Waals surface area contributed by atoms with Crippen molar-refractivity contribution >= 4 is 58.2 Å². The monoisotopic (exact) mass is 472 g/mol. The Balaban J connectivity index is 2.06. The van der Waals surface area contributed by atoms with Crippen molar-refractivity contribution < 1.29 is 9.59 Å². The summed E-state index contributed by atoms with van der Waals surface area (Å²) in [7, 11) is 0. The molecule has 2 atom stereocenters. The molecule has 3 N–H and O–H groups in total. The number of amides is 2. The van der Waals surface area contributed by atoms with Gasteiger partial charge in [-0.05, 0) is 42.8 Å². The number of halogens is 2. The lowest BCUT2D eigenvalue weighted by molar-refractivity contribution is -0.118. The predicted molar refractivity (Wildman–Crippen MR) is 125 cm³/mol. The van der Waals surface area contributed by atoms with Crippen LogP contribution in [0.1, 0.15) is 18.4 Å². The molecule has 2 aromatic carbocycles. The minimum Gasteiger partial charge on any atom is -0.369 e. The molecule has 2 amide bonds. The molecule has 158 valence electrons. The van der Waals surface area contributed by atoms with Gasteiger partial charge in [0.15, 0.2) is 0 Å². The van der Waals surface area contributed by atoms with Crippen LogP contribution in [0, 0.1) is 17.2 Å². The molecule has 0 spiro atoms. The number of rotatable bonds is 6. The van der Waals surface area contributed by atoms with Gasteiger partial charge in [-0.2, -0.15) is 5.26 Å². The smallest absolute Gasteiger partial charge is 0.234 e. The van der Waals surface area contributed by atoms with Gasteiger partial charge < -0.3 is 11.1 Å². The number of primary amides is 1. The van der Waals surface area contributed by atoms with E-state index in [0.29, 0.717) is 32.0 Å². The highest BCUT2D eigenvalue weighted by Gasteiger charge is 2.40. The third kappa shape index (κ3) is 5.28. The molecule has 0 saturated carbocycles. The van der Waals surface area contributed by atoms with Crippen molar-refractivity contribution in [3.63, 3.8) is 0 Å². The highest BCUT2D eigenvalue weighted by Crippen LogP contribution is 2.44. The molecule has 0 fully saturated rings. The predicted octanol–water partition coefficient (Wildman–Crippen LogP) is 4.76. The number of nitrogens with zero attached hydrogens (tertiary/aromatic N) is 2. The van der Waals surface area contributed by atoms with Gasteiger partial charge in [0.2, 0.25) is 11.8 Å². The molecule has 2 aromatic rings. The standard InChI is InChI=1S/C22H18Cl2N4O2S/c1-12-19(21(30)28-14-8-6-13(23)7-9-14)20(15-4-2-3-5-17(15)24)16(10-25)22(27-12)31-11-18(26)29/h2-9,19-20H,11H2,1H3,(H2,26,29)(H,28,30)/t19?,20-/m0/s1. The lowest BCUT2D eigenvalue weighted by Crippen LogP contribution is -2.36. The first-order valence-corrected chi connectivity index (χ1v) is 11.0. The molecule has 0 bridgehead atoms. The van der Waals surface area contributed by atoms with Gasteiger partial charge in [-0.1, -0.05) is 53.2 Å². The van der Waals surface area contributed by atoms with Crippen LogP contribution in [0.4, 0.5) is 5.69 Å². The minimum absolute atomic E-state index is 0.0336. The van der Waals surface area contributed by atoms with Gasteiger partial charge in [0, 0.05) is 27.4 Å². The first kappa shape index (κ1) is 22.9. The number of hydrogen-bond acceptors (Lipinski definition) is 5. The van der Waals surface area contributed by atoms with Crippen LogP contribution in [0.3, 0.4) is 0 Å². The van der Waals surface area contributed by atoms with Crippen molar-refractivity contribution in [2.45, 2.75) is 12.8 Å². The number of aliphatic imine (C=N–C) groups is 1. The largest absolute Gasteiger partial charge is 0.369 e. The van der Waals surface area contributed by atoms with Gasteiger partial charge >= 0.3 is 0 Å². The van der Waals surface area contributed by atoms with Crippen LogP contribution >= 0.6 is 35.0 Å². The molecule has 31 heavy (non-hydrogen) atoms. The van der Waals surface area contributed by atoms with Crippen LogP contribution < -0.4 is 11.1 Å². The first-order valence-electron chi connectivity index (χ1n) is 9.23. The Hall–Kier alpha value is -2.79. The number of nitrogens with one attached hydrogen (secondary N) is 1. The molecule has 1 unspecified atom stereocenters. The van der Waals surface area contributed by atoms with Gasteiger partial charge in [0.05, 0.1) is 23.3 Å². The Kier molecular flexibility index (Phi) is 7.39. The van der Waals surface area contributed by atoms with E-state index in [2.05, 4.69) is 16.4 Å². The van der Waals surface area contributed by atoms with Crippen LogP contribution in [0.25, 0.3) is 0 Å². The molecule has 0 radical (unpaired) electrons. The van der Waals surface area contributed by atoms with E-state index in [-0.39, 0.29) is 17.2 Å². The summed E-state index contributed by atoms with van der Waals surface area (Å²) < 4.78 is 0. The van der Waals surface area contributed by atoms with Crippen molar-refractivity contribution in [1.29, 1.82) is 5.26 Å². The zero-order valence-electron chi connectivity index (χ0n) is 16.4. The molecule has 6 nitrogen and oxygen atoms in total. The third-order valence-corrected chi connectivity index (χ3v) is 6.32. The molecule has 1 aliphatic heterocycles. The second-order valence-electron chi connectivity index (χ2n) is 6.81. The summed E-state index contributed by atoms with van der Waals surface area (Å²) in [5.74, 6) is -2.34. The Morgan fingerprint density at radius 3 is 2.48 bits per heavy atom. The molecule has 1 heterocycles. The fraction of sp³-hybridized carbons (Fsp3) is 0.182. The maximum atomic E-state index is 13.3. The van der Waals surface area contributed by atoms with Gasteiger partial charge in [-0.15, -0.1) is 0 Å². The Labute approximate surface area is 194 Å². The van der Waals surface area contributed by atoms with E-state index in [1.165, 1.54) is 0 Å². The maximum absolute atomic E-state index is 13.3. The quantitative estimate of drug-likeness (QED) is 0.631. The van der Waals surface area contributed by atoms with Gasteiger partial charge in [0.25, 0.3) is 0 Å². The summed E-state index contributed by atoms with van der Waals surface area (Å²) in [6.07, 6.45) is 0. The zero-order valence-corrected chi connectivity index (χ0v) is 18.8. The summed E-state index contributed by atoms with van der Waals surface area (Å²) >= 11 is 13.4. The van der Waals surface area contributed by atoms with E-state index >= 15 is 0 Å². The van der Waals surface area contributed by atoms with Crippen molar-refractivity contribution in [3.05, 3.63) is 74.7 Å². The normalized spacial score (nSPS) is 18.2. The number of anilines is 1. The average molecular weight is 473 g/mol. The van der Waals surface area contributed by atoms with E-state index in [9.17, 15) is 14.9 Å². The third-order valence-electron chi connectivity index (χ3n) is 4.71. The number of benzene rings is 2. The lowest BCUT2D eigenvalue weighted by Gasteiger charge is -2.31. The number of thioether (sulfide) groups is 1. The molecule has 0 aliphatic carbocycles. The summed E-state index contributed by atoms with van der Waals surface area (Å²) in [4.78, 5) is 29.1. The SMILES string of the molecule is CC1=NC(SCC(N)=O)=C(C#N)[C@H](c2ccccc2Cl)C1C(=O)Nc1ccc(Cl)cc1. The van der Waals surface area contributed by atoms with Crippen LogP contribution in [-0.2, 0) is 9.59 Å². The second kappa shape index (κ2) is 10.0. The zero-order chi connectivity index (χ0) is 22.5. The molecular formula is C22H18Cl2N4O2S. The Morgan fingerprint density at radius 2 is 1.87 bits per heavy atom. The number of carbonyl (C=O) groups is 2. The Morgan fingerprint density at radius 1 is 1.19 bits per heavy atom. The topological polar surface area (TPSA) is 108 Å². The Bertz CT molecular complexity index is 1120. The summed E-state index contributed by atoms with van der Waals surface area (Å²) in [6.45, 7) is 1.72. The van der Waals surface area contributed by atoms with Crippen LogP contribution in [-0.4, -0.2) is 23.3 Å². The molecule has 0 aromatic heterocycles. The first-order chi connectivity index (χ1) is 14.8. The van der Waals surface area contributed by atoms with E-state index in [0.717, 1.165) is 11.8 Å². The van der Waals surface area contributed by atoms with Crippen LogP contribution in [0.15, 0.2) is 64.1 Å². The summed E-state index contributed by atoms with van der Waals surface area (Å²) in [5, 5.41) is 14.2. The fourth-order valence-corrected chi connectivity index (χ4v) is 4.55. The number of nitriles is 1. The highest BCUT2D eigenvalue weighted by molar-refractivity contribution is 8.03. The average Bonchev–Trinajstić information content (AvgIpc) is 2.73.